The highest BCUT2D eigenvalue weighted by Gasteiger charge is 2.19. The molecule has 1 unspecified atom stereocenters. The Morgan fingerprint density at radius 1 is 1.47 bits per heavy atom. The van der Waals surface area contributed by atoms with Crippen molar-refractivity contribution in [2.45, 2.75) is 25.0 Å². The van der Waals surface area contributed by atoms with Crippen molar-refractivity contribution >= 4 is 22.6 Å². The third-order valence-electron chi connectivity index (χ3n) is 2.68. The molecule has 2 rings (SSSR count). The van der Waals surface area contributed by atoms with Crippen LogP contribution in [0.4, 0.5) is 5.69 Å². The van der Waals surface area contributed by atoms with Crippen molar-refractivity contribution in [3.63, 3.8) is 0 Å². The molecule has 1 aromatic carbocycles. The van der Waals surface area contributed by atoms with E-state index in [0.29, 0.717) is 5.25 Å². The molecule has 0 bridgehead atoms. The topological polar surface area (TPSA) is 33.6 Å². The molecule has 0 aliphatic carbocycles. The Labute approximate surface area is 107 Å². The fourth-order valence-corrected chi connectivity index (χ4v) is 2.96. The van der Waals surface area contributed by atoms with Crippen LogP contribution in [-0.4, -0.2) is 24.1 Å². The summed E-state index contributed by atoms with van der Waals surface area (Å²) in [4.78, 5) is 4.52. The van der Waals surface area contributed by atoms with Gasteiger partial charge in [0, 0.05) is 5.25 Å². The first kappa shape index (κ1) is 12.3. The zero-order chi connectivity index (χ0) is 12.1. The predicted octanol–water partition coefficient (Wildman–Crippen LogP) is 3.38. The Bertz CT molecular complexity index is 406. The summed E-state index contributed by atoms with van der Waals surface area (Å²) in [5.74, 6) is 0.856. The van der Waals surface area contributed by atoms with Crippen LogP contribution in [0, 0.1) is 0 Å². The minimum atomic E-state index is 0.636. The molecule has 1 heterocycles. The van der Waals surface area contributed by atoms with E-state index < -0.39 is 0 Å². The number of nitrogens with one attached hydrogen (secondary N) is 1. The van der Waals surface area contributed by atoms with Crippen molar-refractivity contribution in [1.82, 2.24) is 0 Å². The summed E-state index contributed by atoms with van der Waals surface area (Å²) in [5, 5.41) is 4.98. The van der Waals surface area contributed by atoms with Gasteiger partial charge in [0.1, 0.15) is 5.75 Å². The second kappa shape index (κ2) is 5.96. The fourth-order valence-electron chi connectivity index (χ4n) is 1.82. The van der Waals surface area contributed by atoms with Gasteiger partial charge in [0.25, 0.3) is 0 Å². The van der Waals surface area contributed by atoms with Crippen LogP contribution in [0.5, 0.6) is 5.75 Å². The minimum Gasteiger partial charge on any atom is -0.495 e. The zero-order valence-electron chi connectivity index (χ0n) is 10.3. The Kier molecular flexibility index (Phi) is 4.31. The number of aliphatic imine (C=N–C) groups is 1. The summed E-state index contributed by atoms with van der Waals surface area (Å²) in [6.45, 7) is 3.14. The number of anilines is 1. The van der Waals surface area contributed by atoms with Gasteiger partial charge in [-0.1, -0.05) is 37.2 Å². The molecular weight excluding hydrogens is 232 g/mol. The van der Waals surface area contributed by atoms with E-state index in [4.69, 9.17) is 4.74 Å². The fraction of sp³-hybridized carbons (Fsp3) is 0.462. The van der Waals surface area contributed by atoms with Crippen molar-refractivity contribution < 1.29 is 4.74 Å². The molecule has 0 aromatic heterocycles. The monoisotopic (exact) mass is 250 g/mol. The molecule has 0 amide bonds. The van der Waals surface area contributed by atoms with Crippen molar-refractivity contribution in [2.24, 2.45) is 4.99 Å². The van der Waals surface area contributed by atoms with Crippen LogP contribution in [0.1, 0.15) is 19.8 Å². The Morgan fingerprint density at radius 3 is 3.06 bits per heavy atom. The van der Waals surface area contributed by atoms with Gasteiger partial charge < -0.3 is 10.1 Å². The second-order valence-electron chi connectivity index (χ2n) is 4.00. The summed E-state index contributed by atoms with van der Waals surface area (Å²) in [5.41, 5.74) is 0.985. The number of thioether (sulfide) groups is 1. The lowest BCUT2D eigenvalue weighted by Gasteiger charge is -2.11. The molecule has 92 valence electrons. The lowest BCUT2D eigenvalue weighted by atomic mass is 10.2. The van der Waals surface area contributed by atoms with Crippen molar-refractivity contribution in [3.05, 3.63) is 24.3 Å². The highest BCUT2D eigenvalue weighted by atomic mass is 32.2. The quantitative estimate of drug-likeness (QED) is 0.889. The number of nitrogens with zero attached hydrogens (tertiary/aromatic N) is 1. The molecule has 0 saturated heterocycles. The Hall–Kier alpha value is -1.16. The lowest BCUT2D eigenvalue weighted by Crippen LogP contribution is -2.08. The van der Waals surface area contributed by atoms with Crippen LogP contribution in [0.15, 0.2) is 29.3 Å². The molecule has 17 heavy (non-hydrogen) atoms. The number of amidine groups is 1. The number of rotatable bonds is 4. The molecular formula is C13H18N2OS. The maximum atomic E-state index is 5.30. The highest BCUT2D eigenvalue weighted by Crippen LogP contribution is 2.29. The van der Waals surface area contributed by atoms with Crippen molar-refractivity contribution in [2.75, 3.05) is 19.0 Å². The van der Waals surface area contributed by atoms with E-state index in [1.165, 1.54) is 12.8 Å². The molecule has 1 aliphatic heterocycles. The van der Waals surface area contributed by atoms with Crippen LogP contribution >= 0.6 is 11.8 Å². The molecule has 0 radical (unpaired) electrons. The van der Waals surface area contributed by atoms with Gasteiger partial charge in [0.15, 0.2) is 5.17 Å². The van der Waals surface area contributed by atoms with Gasteiger partial charge in [-0.25, -0.2) is 0 Å². The van der Waals surface area contributed by atoms with Gasteiger partial charge >= 0.3 is 0 Å². The molecule has 1 aliphatic rings. The third-order valence-corrected chi connectivity index (χ3v) is 3.85. The SMILES string of the molecule is CCCC1CN=C(Nc2ccccc2OC)S1. The molecule has 4 heteroatoms. The summed E-state index contributed by atoms with van der Waals surface area (Å²) in [6.07, 6.45) is 2.44. The van der Waals surface area contributed by atoms with Crippen LogP contribution < -0.4 is 10.1 Å². The van der Waals surface area contributed by atoms with E-state index in [9.17, 15) is 0 Å². The molecule has 0 fully saturated rings. The summed E-state index contributed by atoms with van der Waals surface area (Å²) in [6, 6.07) is 7.92. The predicted molar refractivity (Wildman–Crippen MR) is 75.2 cm³/mol. The van der Waals surface area contributed by atoms with Gasteiger partial charge in [0.05, 0.1) is 19.3 Å². The van der Waals surface area contributed by atoms with E-state index >= 15 is 0 Å². The average Bonchev–Trinajstić information content (AvgIpc) is 2.78. The maximum absolute atomic E-state index is 5.30. The number of hydrogen-bond acceptors (Lipinski definition) is 4. The van der Waals surface area contributed by atoms with Crippen LogP contribution in [0.2, 0.25) is 0 Å². The smallest absolute Gasteiger partial charge is 0.161 e. The first-order valence-corrected chi connectivity index (χ1v) is 6.82. The molecule has 1 atom stereocenters. The molecule has 3 nitrogen and oxygen atoms in total. The highest BCUT2D eigenvalue weighted by molar-refractivity contribution is 8.15. The first-order valence-electron chi connectivity index (χ1n) is 5.94. The van der Waals surface area contributed by atoms with Crippen LogP contribution in [0.3, 0.4) is 0 Å². The molecule has 0 saturated carbocycles. The van der Waals surface area contributed by atoms with Gasteiger partial charge in [-0.05, 0) is 18.6 Å². The van der Waals surface area contributed by atoms with E-state index in [0.717, 1.165) is 23.1 Å². The largest absolute Gasteiger partial charge is 0.495 e. The van der Waals surface area contributed by atoms with Gasteiger partial charge in [0.2, 0.25) is 0 Å². The summed E-state index contributed by atoms with van der Waals surface area (Å²) >= 11 is 1.83. The normalized spacial score (nSPS) is 18.9. The summed E-state index contributed by atoms with van der Waals surface area (Å²) in [7, 11) is 1.68. The number of methoxy groups -OCH3 is 1. The minimum absolute atomic E-state index is 0.636. The number of para-hydroxylation sites is 2. The van der Waals surface area contributed by atoms with Gasteiger partial charge in [-0.3, -0.25) is 4.99 Å². The van der Waals surface area contributed by atoms with Crippen LogP contribution in [0.25, 0.3) is 0 Å². The number of hydrogen-bond donors (Lipinski definition) is 1. The number of ether oxygens (including phenoxy) is 1. The Balaban J connectivity index is 1.98. The van der Waals surface area contributed by atoms with E-state index in [1.54, 1.807) is 7.11 Å². The van der Waals surface area contributed by atoms with E-state index in [-0.39, 0.29) is 0 Å². The average molecular weight is 250 g/mol. The maximum Gasteiger partial charge on any atom is 0.161 e. The summed E-state index contributed by atoms with van der Waals surface area (Å²) < 4.78 is 5.30. The third kappa shape index (κ3) is 3.16. The van der Waals surface area contributed by atoms with Crippen molar-refractivity contribution in [3.8, 4) is 5.75 Å². The molecule has 1 aromatic rings. The van der Waals surface area contributed by atoms with Gasteiger partial charge in [-0.15, -0.1) is 0 Å². The zero-order valence-corrected chi connectivity index (χ0v) is 11.1. The van der Waals surface area contributed by atoms with E-state index in [1.807, 2.05) is 36.0 Å². The van der Waals surface area contributed by atoms with E-state index in [2.05, 4.69) is 17.2 Å². The Morgan fingerprint density at radius 2 is 2.29 bits per heavy atom. The number of benzene rings is 1. The molecule has 1 N–H and O–H groups in total. The second-order valence-corrected chi connectivity index (χ2v) is 5.29. The van der Waals surface area contributed by atoms with Crippen molar-refractivity contribution in [1.29, 1.82) is 0 Å². The van der Waals surface area contributed by atoms with Crippen LogP contribution in [-0.2, 0) is 0 Å². The molecule has 0 spiro atoms. The lowest BCUT2D eigenvalue weighted by molar-refractivity contribution is 0.417. The van der Waals surface area contributed by atoms with Gasteiger partial charge in [-0.2, -0.15) is 0 Å². The first-order chi connectivity index (χ1) is 8.33. The standard InChI is InChI=1S/C13H18N2OS/c1-3-6-10-9-14-13(17-10)15-11-7-4-5-8-12(11)16-2/h4-5,7-8,10H,3,6,9H2,1-2H3,(H,14,15).